The molecule has 1 aliphatic heterocycles. The second kappa shape index (κ2) is 8.33. The van der Waals surface area contributed by atoms with E-state index in [0.29, 0.717) is 36.7 Å². The zero-order chi connectivity index (χ0) is 18.6. The lowest BCUT2D eigenvalue weighted by molar-refractivity contribution is -0.126. The standard InChI is InChI=1S/C19H24N2O3S2/c1-2-17-8-9-18(25-17)26(23,24)21-12-10-16(11-13-21)19(22)20-14-15-6-4-3-5-7-15/h3-9,16H,2,10-14H2,1H3,(H,20,22). The fraction of sp³-hybridized carbons (Fsp3) is 0.421. The zero-order valence-corrected chi connectivity index (χ0v) is 16.5. The van der Waals surface area contributed by atoms with Crippen molar-refractivity contribution in [1.29, 1.82) is 0 Å². The molecular weight excluding hydrogens is 368 g/mol. The molecule has 0 saturated carbocycles. The van der Waals surface area contributed by atoms with Crippen LogP contribution >= 0.6 is 11.3 Å². The van der Waals surface area contributed by atoms with Gasteiger partial charge in [-0.1, -0.05) is 37.3 Å². The fourth-order valence-electron chi connectivity index (χ4n) is 3.10. The molecule has 1 saturated heterocycles. The fourth-order valence-corrected chi connectivity index (χ4v) is 6.02. The topological polar surface area (TPSA) is 66.5 Å². The average Bonchev–Trinajstić information content (AvgIpc) is 3.17. The lowest BCUT2D eigenvalue weighted by Gasteiger charge is -2.30. The van der Waals surface area contributed by atoms with Crippen LogP contribution in [0.2, 0.25) is 0 Å². The van der Waals surface area contributed by atoms with Crippen LogP contribution in [0.25, 0.3) is 0 Å². The lowest BCUT2D eigenvalue weighted by Crippen LogP contribution is -2.42. The Bertz CT molecular complexity index is 839. The lowest BCUT2D eigenvalue weighted by atomic mass is 9.97. The van der Waals surface area contributed by atoms with Crippen LogP contribution in [0.15, 0.2) is 46.7 Å². The van der Waals surface area contributed by atoms with Gasteiger partial charge in [0.2, 0.25) is 5.91 Å². The molecule has 3 rings (SSSR count). The molecule has 0 bridgehead atoms. The molecule has 1 aliphatic rings. The van der Waals surface area contributed by atoms with Crippen molar-refractivity contribution in [2.45, 2.75) is 36.9 Å². The van der Waals surface area contributed by atoms with E-state index < -0.39 is 10.0 Å². The first-order chi connectivity index (χ1) is 12.5. The van der Waals surface area contributed by atoms with Crippen molar-refractivity contribution < 1.29 is 13.2 Å². The van der Waals surface area contributed by atoms with Gasteiger partial charge in [-0.3, -0.25) is 4.79 Å². The monoisotopic (exact) mass is 392 g/mol. The van der Waals surface area contributed by atoms with Crippen LogP contribution in [0.1, 0.15) is 30.2 Å². The van der Waals surface area contributed by atoms with Crippen LogP contribution in [0.3, 0.4) is 0 Å². The highest BCUT2D eigenvalue weighted by molar-refractivity contribution is 7.91. The molecule has 26 heavy (non-hydrogen) atoms. The largest absolute Gasteiger partial charge is 0.352 e. The highest BCUT2D eigenvalue weighted by atomic mass is 32.2. The van der Waals surface area contributed by atoms with Crippen molar-refractivity contribution in [2.75, 3.05) is 13.1 Å². The predicted molar refractivity (Wildman–Crippen MR) is 103 cm³/mol. The first-order valence-electron chi connectivity index (χ1n) is 8.91. The molecule has 1 N–H and O–H groups in total. The van der Waals surface area contributed by atoms with E-state index in [-0.39, 0.29) is 11.8 Å². The summed E-state index contributed by atoms with van der Waals surface area (Å²) in [6.07, 6.45) is 1.96. The Balaban J connectivity index is 1.54. The highest BCUT2D eigenvalue weighted by Gasteiger charge is 2.32. The molecule has 0 unspecified atom stereocenters. The van der Waals surface area contributed by atoms with Gasteiger partial charge in [-0.25, -0.2) is 8.42 Å². The van der Waals surface area contributed by atoms with E-state index in [0.717, 1.165) is 16.9 Å². The van der Waals surface area contributed by atoms with Crippen LogP contribution < -0.4 is 5.32 Å². The van der Waals surface area contributed by atoms with Crippen LogP contribution in [0.5, 0.6) is 0 Å². The second-order valence-electron chi connectivity index (χ2n) is 6.46. The zero-order valence-electron chi connectivity index (χ0n) is 14.8. The van der Waals surface area contributed by atoms with Gasteiger partial charge in [0.05, 0.1) is 0 Å². The van der Waals surface area contributed by atoms with E-state index in [1.807, 2.05) is 43.3 Å². The number of carbonyl (C=O) groups excluding carboxylic acids is 1. The molecule has 140 valence electrons. The summed E-state index contributed by atoms with van der Waals surface area (Å²) in [4.78, 5) is 13.4. The molecule has 5 nitrogen and oxygen atoms in total. The molecule has 2 aromatic rings. The Morgan fingerprint density at radius 1 is 1.15 bits per heavy atom. The SMILES string of the molecule is CCc1ccc(S(=O)(=O)N2CCC(C(=O)NCc3ccccc3)CC2)s1. The van der Waals surface area contributed by atoms with Gasteiger partial charge in [-0.2, -0.15) is 4.31 Å². The summed E-state index contributed by atoms with van der Waals surface area (Å²) in [5.41, 5.74) is 1.06. The van der Waals surface area contributed by atoms with E-state index in [1.165, 1.54) is 15.6 Å². The number of benzene rings is 1. The predicted octanol–water partition coefficient (Wildman–Crippen LogP) is 3.03. The summed E-state index contributed by atoms with van der Waals surface area (Å²) in [5, 5.41) is 2.96. The maximum Gasteiger partial charge on any atom is 0.252 e. The van der Waals surface area contributed by atoms with E-state index >= 15 is 0 Å². The Labute approximate surface area is 159 Å². The minimum atomic E-state index is -3.44. The molecule has 1 amide bonds. The number of hydrogen-bond donors (Lipinski definition) is 1. The summed E-state index contributed by atoms with van der Waals surface area (Å²) in [6, 6.07) is 13.3. The average molecular weight is 393 g/mol. The van der Waals surface area contributed by atoms with Gasteiger partial charge in [0, 0.05) is 30.4 Å². The number of nitrogens with one attached hydrogen (secondary N) is 1. The van der Waals surface area contributed by atoms with Crippen molar-refractivity contribution in [3.63, 3.8) is 0 Å². The van der Waals surface area contributed by atoms with Gasteiger partial charge < -0.3 is 5.32 Å². The minimum Gasteiger partial charge on any atom is -0.352 e. The van der Waals surface area contributed by atoms with Gasteiger partial charge >= 0.3 is 0 Å². The smallest absolute Gasteiger partial charge is 0.252 e. The third-order valence-electron chi connectivity index (χ3n) is 4.71. The van der Waals surface area contributed by atoms with E-state index in [9.17, 15) is 13.2 Å². The number of sulfonamides is 1. The number of thiophene rings is 1. The molecule has 7 heteroatoms. The van der Waals surface area contributed by atoms with E-state index in [1.54, 1.807) is 6.07 Å². The molecular formula is C19H24N2O3S2. The van der Waals surface area contributed by atoms with Gasteiger partial charge in [-0.05, 0) is 37.0 Å². The van der Waals surface area contributed by atoms with Crippen LogP contribution in [0, 0.1) is 5.92 Å². The number of rotatable bonds is 6. The van der Waals surface area contributed by atoms with E-state index in [4.69, 9.17) is 0 Å². The number of amides is 1. The number of nitrogens with zero attached hydrogens (tertiary/aromatic N) is 1. The Morgan fingerprint density at radius 3 is 2.46 bits per heavy atom. The van der Waals surface area contributed by atoms with Gasteiger partial charge in [0.25, 0.3) is 10.0 Å². The maximum absolute atomic E-state index is 12.7. The van der Waals surface area contributed by atoms with Crippen molar-refractivity contribution in [2.24, 2.45) is 5.92 Å². The number of piperidine rings is 1. The molecule has 0 radical (unpaired) electrons. The van der Waals surface area contributed by atoms with Crippen molar-refractivity contribution >= 4 is 27.3 Å². The molecule has 1 fully saturated rings. The number of aryl methyl sites for hydroxylation is 1. The molecule has 1 aromatic heterocycles. The van der Waals surface area contributed by atoms with Gasteiger partial charge in [0.15, 0.2) is 0 Å². The van der Waals surface area contributed by atoms with Crippen molar-refractivity contribution in [1.82, 2.24) is 9.62 Å². The van der Waals surface area contributed by atoms with Gasteiger partial charge in [-0.15, -0.1) is 11.3 Å². The third-order valence-corrected chi connectivity index (χ3v) is 8.31. The molecule has 2 heterocycles. The van der Waals surface area contributed by atoms with Crippen LogP contribution in [-0.4, -0.2) is 31.7 Å². The Kier molecular flexibility index (Phi) is 6.11. The van der Waals surface area contributed by atoms with Crippen molar-refractivity contribution in [3.8, 4) is 0 Å². The second-order valence-corrected chi connectivity index (χ2v) is 9.79. The van der Waals surface area contributed by atoms with Crippen molar-refractivity contribution in [3.05, 3.63) is 52.9 Å². The summed E-state index contributed by atoms with van der Waals surface area (Å²) in [7, 11) is -3.44. The summed E-state index contributed by atoms with van der Waals surface area (Å²) in [6.45, 7) is 3.31. The Hall–Kier alpha value is -1.70. The van der Waals surface area contributed by atoms with Gasteiger partial charge in [0.1, 0.15) is 4.21 Å². The van der Waals surface area contributed by atoms with E-state index in [2.05, 4.69) is 5.32 Å². The molecule has 0 spiro atoms. The highest BCUT2D eigenvalue weighted by Crippen LogP contribution is 2.28. The Morgan fingerprint density at radius 2 is 1.85 bits per heavy atom. The quantitative estimate of drug-likeness (QED) is 0.822. The minimum absolute atomic E-state index is 0.00953. The first-order valence-corrected chi connectivity index (χ1v) is 11.2. The normalized spacial score (nSPS) is 16.5. The summed E-state index contributed by atoms with van der Waals surface area (Å²) < 4.78 is 27.4. The maximum atomic E-state index is 12.7. The summed E-state index contributed by atoms with van der Waals surface area (Å²) >= 11 is 1.34. The number of hydrogen-bond acceptors (Lipinski definition) is 4. The third kappa shape index (κ3) is 4.34. The summed E-state index contributed by atoms with van der Waals surface area (Å²) in [5.74, 6) is -0.116. The number of carbonyl (C=O) groups is 1. The first kappa shape index (κ1) is 19.1. The molecule has 0 atom stereocenters. The van der Waals surface area contributed by atoms with Crippen LogP contribution in [0.4, 0.5) is 0 Å². The molecule has 0 aliphatic carbocycles. The molecule has 1 aromatic carbocycles. The van der Waals surface area contributed by atoms with Crippen LogP contribution in [-0.2, 0) is 27.8 Å².